The summed E-state index contributed by atoms with van der Waals surface area (Å²) in [5.74, 6) is 0.651. The number of nitrogens with zero attached hydrogens (tertiary/aromatic N) is 2. The van der Waals surface area contributed by atoms with Crippen LogP contribution < -0.4 is 10.6 Å². The normalized spacial score (nSPS) is 25.6. The zero-order valence-corrected chi connectivity index (χ0v) is 10.7. The molecule has 3 nitrogen and oxygen atoms in total. The van der Waals surface area contributed by atoms with Gasteiger partial charge >= 0.3 is 0 Å². The third kappa shape index (κ3) is 2.38. The summed E-state index contributed by atoms with van der Waals surface area (Å²) in [6, 6.07) is 0.606. The fraction of sp³-hybridized carbons (Fsp3) is 0.750. The van der Waals surface area contributed by atoms with Crippen molar-refractivity contribution in [2.24, 2.45) is 11.7 Å². The Balaban J connectivity index is 2.13. The highest BCUT2D eigenvalue weighted by atomic mass is 32.1. The first-order valence-corrected chi connectivity index (χ1v) is 7.11. The first-order valence-electron chi connectivity index (χ1n) is 6.23. The molecule has 0 aliphatic heterocycles. The largest absolute Gasteiger partial charge is 0.345 e. The van der Waals surface area contributed by atoms with E-state index in [2.05, 4.69) is 22.2 Å². The van der Waals surface area contributed by atoms with Gasteiger partial charge < -0.3 is 10.6 Å². The quantitative estimate of drug-likeness (QED) is 0.877. The van der Waals surface area contributed by atoms with Crippen LogP contribution in [0.3, 0.4) is 0 Å². The van der Waals surface area contributed by atoms with E-state index >= 15 is 0 Å². The molecular weight excluding hydrogens is 218 g/mol. The van der Waals surface area contributed by atoms with E-state index in [0.29, 0.717) is 12.0 Å². The number of hydrogen-bond donors (Lipinski definition) is 1. The maximum absolute atomic E-state index is 5.90. The smallest absolute Gasteiger partial charge is 0.185 e. The number of hydrogen-bond acceptors (Lipinski definition) is 4. The molecule has 90 valence electrons. The molecule has 16 heavy (non-hydrogen) atoms. The van der Waals surface area contributed by atoms with Gasteiger partial charge in [0.15, 0.2) is 5.13 Å². The molecule has 0 spiro atoms. The fourth-order valence-electron chi connectivity index (χ4n) is 2.74. The van der Waals surface area contributed by atoms with Gasteiger partial charge in [-0.2, -0.15) is 0 Å². The van der Waals surface area contributed by atoms with Crippen LogP contribution in [0, 0.1) is 5.92 Å². The molecule has 0 amide bonds. The van der Waals surface area contributed by atoms with Gasteiger partial charge in [0.05, 0.1) is 0 Å². The fourth-order valence-corrected chi connectivity index (χ4v) is 3.51. The molecule has 1 aromatic rings. The lowest BCUT2D eigenvalue weighted by atomic mass is 9.83. The Morgan fingerprint density at radius 2 is 2.31 bits per heavy atom. The van der Waals surface area contributed by atoms with Crippen LogP contribution in [0.15, 0.2) is 11.6 Å². The molecule has 2 N–H and O–H groups in total. The van der Waals surface area contributed by atoms with E-state index in [4.69, 9.17) is 5.73 Å². The van der Waals surface area contributed by atoms with Crippen molar-refractivity contribution in [1.29, 1.82) is 0 Å². The summed E-state index contributed by atoms with van der Waals surface area (Å²) in [6.45, 7) is 4.06. The Morgan fingerprint density at radius 3 is 2.94 bits per heavy atom. The van der Waals surface area contributed by atoms with Crippen LogP contribution in [0.2, 0.25) is 0 Å². The standard InChI is InChI=1S/C12H21N3S/c1-2-15(12-14-7-8-16-12)11-6-4-3-5-10(11)9-13/h7-8,10-11H,2-6,9,13H2,1H3. The number of aromatic nitrogens is 1. The zero-order chi connectivity index (χ0) is 11.4. The van der Waals surface area contributed by atoms with Crippen LogP contribution in [0.4, 0.5) is 5.13 Å². The van der Waals surface area contributed by atoms with E-state index in [1.807, 2.05) is 6.20 Å². The van der Waals surface area contributed by atoms with Crippen LogP contribution in [-0.4, -0.2) is 24.1 Å². The highest BCUT2D eigenvalue weighted by Crippen LogP contribution is 2.31. The van der Waals surface area contributed by atoms with E-state index in [1.165, 1.54) is 25.7 Å². The third-order valence-electron chi connectivity index (χ3n) is 3.58. The number of nitrogens with two attached hydrogens (primary N) is 1. The Kier molecular flexibility index (Phi) is 4.18. The summed E-state index contributed by atoms with van der Waals surface area (Å²) >= 11 is 1.74. The van der Waals surface area contributed by atoms with E-state index in [9.17, 15) is 0 Å². The van der Waals surface area contributed by atoms with Crippen molar-refractivity contribution >= 4 is 16.5 Å². The first kappa shape index (κ1) is 11.9. The summed E-state index contributed by atoms with van der Waals surface area (Å²) in [7, 11) is 0. The number of thiazole rings is 1. The highest BCUT2D eigenvalue weighted by molar-refractivity contribution is 7.13. The Bertz CT molecular complexity index is 299. The average molecular weight is 239 g/mol. The molecule has 4 heteroatoms. The first-order chi connectivity index (χ1) is 7.86. The lowest BCUT2D eigenvalue weighted by Crippen LogP contribution is -2.45. The van der Waals surface area contributed by atoms with E-state index in [0.717, 1.165) is 18.2 Å². The molecule has 0 radical (unpaired) electrons. The molecule has 1 saturated carbocycles. The summed E-state index contributed by atoms with van der Waals surface area (Å²) in [5.41, 5.74) is 5.90. The SMILES string of the molecule is CCN(c1nccs1)C1CCCCC1CN. The molecule has 2 rings (SSSR count). The molecule has 1 fully saturated rings. The van der Waals surface area contributed by atoms with Crippen molar-refractivity contribution in [1.82, 2.24) is 4.98 Å². The number of rotatable bonds is 4. The molecule has 1 heterocycles. The predicted octanol–water partition coefficient (Wildman–Crippen LogP) is 2.49. The van der Waals surface area contributed by atoms with Crippen LogP contribution >= 0.6 is 11.3 Å². The van der Waals surface area contributed by atoms with Gasteiger partial charge in [0, 0.05) is 24.2 Å². The second kappa shape index (κ2) is 5.64. The van der Waals surface area contributed by atoms with Gasteiger partial charge in [0.25, 0.3) is 0 Å². The lowest BCUT2D eigenvalue weighted by Gasteiger charge is -2.39. The van der Waals surface area contributed by atoms with Crippen molar-refractivity contribution in [2.45, 2.75) is 38.6 Å². The van der Waals surface area contributed by atoms with Gasteiger partial charge in [-0.15, -0.1) is 11.3 Å². The molecule has 0 bridgehead atoms. The second-order valence-electron chi connectivity index (χ2n) is 4.45. The molecule has 0 aromatic carbocycles. The van der Waals surface area contributed by atoms with Crippen molar-refractivity contribution in [3.63, 3.8) is 0 Å². The van der Waals surface area contributed by atoms with Gasteiger partial charge in [0.1, 0.15) is 0 Å². The molecule has 0 saturated heterocycles. The van der Waals surface area contributed by atoms with Crippen molar-refractivity contribution < 1.29 is 0 Å². The number of anilines is 1. The van der Waals surface area contributed by atoms with Crippen LogP contribution in [0.5, 0.6) is 0 Å². The maximum Gasteiger partial charge on any atom is 0.185 e. The molecule has 1 aliphatic carbocycles. The third-order valence-corrected chi connectivity index (χ3v) is 4.39. The van der Waals surface area contributed by atoms with E-state index < -0.39 is 0 Å². The van der Waals surface area contributed by atoms with Gasteiger partial charge in [-0.3, -0.25) is 0 Å². The van der Waals surface area contributed by atoms with Gasteiger partial charge in [-0.1, -0.05) is 12.8 Å². The zero-order valence-electron chi connectivity index (χ0n) is 9.93. The topological polar surface area (TPSA) is 42.2 Å². The molecule has 1 aromatic heterocycles. The van der Waals surface area contributed by atoms with Crippen molar-refractivity contribution in [3.8, 4) is 0 Å². The predicted molar refractivity (Wildman–Crippen MR) is 69.9 cm³/mol. The van der Waals surface area contributed by atoms with Crippen LogP contribution in [-0.2, 0) is 0 Å². The van der Waals surface area contributed by atoms with Crippen molar-refractivity contribution in [2.75, 3.05) is 18.0 Å². The summed E-state index contributed by atoms with van der Waals surface area (Å²) in [4.78, 5) is 6.88. The lowest BCUT2D eigenvalue weighted by molar-refractivity contribution is 0.300. The minimum absolute atomic E-state index is 0.606. The second-order valence-corrected chi connectivity index (χ2v) is 5.32. The average Bonchev–Trinajstić information content (AvgIpc) is 2.84. The van der Waals surface area contributed by atoms with Crippen molar-refractivity contribution in [3.05, 3.63) is 11.6 Å². The maximum atomic E-state index is 5.90. The monoisotopic (exact) mass is 239 g/mol. The Hall–Kier alpha value is -0.610. The highest BCUT2D eigenvalue weighted by Gasteiger charge is 2.29. The van der Waals surface area contributed by atoms with Crippen LogP contribution in [0.1, 0.15) is 32.6 Å². The Morgan fingerprint density at radius 1 is 1.50 bits per heavy atom. The summed E-state index contributed by atoms with van der Waals surface area (Å²) in [6.07, 6.45) is 7.12. The summed E-state index contributed by atoms with van der Waals surface area (Å²) in [5, 5.41) is 3.21. The molecule has 2 atom stereocenters. The van der Waals surface area contributed by atoms with E-state index in [-0.39, 0.29) is 0 Å². The van der Waals surface area contributed by atoms with Gasteiger partial charge in [0.2, 0.25) is 0 Å². The Labute approximate surface area is 102 Å². The summed E-state index contributed by atoms with van der Waals surface area (Å²) < 4.78 is 0. The van der Waals surface area contributed by atoms with Gasteiger partial charge in [-0.25, -0.2) is 4.98 Å². The minimum atomic E-state index is 0.606. The van der Waals surface area contributed by atoms with E-state index in [1.54, 1.807) is 11.3 Å². The minimum Gasteiger partial charge on any atom is -0.345 e. The van der Waals surface area contributed by atoms with Crippen LogP contribution in [0.25, 0.3) is 0 Å². The van der Waals surface area contributed by atoms with Gasteiger partial charge in [-0.05, 0) is 32.2 Å². The molecule has 2 unspecified atom stereocenters. The molecule has 1 aliphatic rings. The molecular formula is C12H21N3S.